The maximum Gasteiger partial charge on any atom is 0.295 e. The van der Waals surface area contributed by atoms with Gasteiger partial charge in [-0.3, -0.25) is 9.59 Å². The Hall–Kier alpha value is -3.12. The number of aryl methyl sites for hydroxylation is 1. The highest BCUT2D eigenvalue weighted by molar-refractivity contribution is 6.46. The van der Waals surface area contributed by atoms with Crippen molar-refractivity contribution < 1.29 is 19.4 Å². The van der Waals surface area contributed by atoms with Gasteiger partial charge in [-0.25, -0.2) is 0 Å². The number of amides is 1. The molecule has 1 saturated heterocycles. The van der Waals surface area contributed by atoms with Crippen molar-refractivity contribution in [2.75, 3.05) is 33.8 Å². The van der Waals surface area contributed by atoms with Gasteiger partial charge in [-0.2, -0.15) is 0 Å². The highest BCUT2D eigenvalue weighted by atomic mass is 16.5. The summed E-state index contributed by atoms with van der Waals surface area (Å²) in [5, 5.41) is 11.4. The molecule has 37 heavy (non-hydrogen) atoms. The SMILES string of the molecule is Cc1cc(C(O)=C2C(=O)C(=O)N(CCCN(C)C)C2c2ccc(C(C)(C)C)cc2)ccc1OCC(C)C. The van der Waals surface area contributed by atoms with Crippen LogP contribution < -0.4 is 4.74 Å². The molecule has 0 aromatic heterocycles. The Morgan fingerprint density at radius 3 is 2.27 bits per heavy atom. The molecule has 0 saturated carbocycles. The Morgan fingerprint density at radius 2 is 1.73 bits per heavy atom. The molecule has 2 aromatic rings. The lowest BCUT2D eigenvalue weighted by Crippen LogP contribution is -2.32. The quantitative estimate of drug-likeness (QED) is 0.268. The van der Waals surface area contributed by atoms with Gasteiger partial charge < -0.3 is 19.6 Å². The molecule has 6 heteroatoms. The Kier molecular flexibility index (Phi) is 8.85. The molecular formula is C31H42N2O4. The molecule has 0 aliphatic carbocycles. The Morgan fingerprint density at radius 1 is 1.08 bits per heavy atom. The lowest BCUT2D eigenvalue weighted by molar-refractivity contribution is -0.139. The smallest absolute Gasteiger partial charge is 0.295 e. The molecule has 0 radical (unpaired) electrons. The van der Waals surface area contributed by atoms with E-state index in [4.69, 9.17) is 4.74 Å². The number of aliphatic hydroxyl groups excluding tert-OH is 1. The van der Waals surface area contributed by atoms with E-state index >= 15 is 0 Å². The minimum atomic E-state index is -0.648. The second-order valence-corrected chi connectivity index (χ2v) is 11.7. The number of aliphatic hydroxyl groups is 1. The Bertz CT molecular complexity index is 1160. The first-order valence-corrected chi connectivity index (χ1v) is 13.1. The molecule has 0 spiro atoms. The molecule has 1 N–H and O–H groups in total. The van der Waals surface area contributed by atoms with Crippen molar-refractivity contribution in [3.05, 3.63) is 70.3 Å². The number of ether oxygens (including phenoxy) is 1. The fourth-order valence-corrected chi connectivity index (χ4v) is 4.55. The number of likely N-dealkylation sites (tertiary alicyclic amines) is 1. The van der Waals surface area contributed by atoms with Gasteiger partial charge >= 0.3 is 0 Å². The molecule has 6 nitrogen and oxygen atoms in total. The topological polar surface area (TPSA) is 70.1 Å². The van der Waals surface area contributed by atoms with E-state index in [9.17, 15) is 14.7 Å². The fraction of sp³-hybridized carbons (Fsp3) is 0.484. The van der Waals surface area contributed by atoms with E-state index < -0.39 is 17.7 Å². The molecule has 1 heterocycles. The zero-order valence-electron chi connectivity index (χ0n) is 23.6. The number of Topliss-reactive ketones (excluding diaryl/α,β-unsaturated/α-hetero) is 1. The van der Waals surface area contributed by atoms with Gasteiger partial charge in [-0.15, -0.1) is 0 Å². The third-order valence-corrected chi connectivity index (χ3v) is 6.66. The molecule has 1 aliphatic heterocycles. The van der Waals surface area contributed by atoms with Crippen molar-refractivity contribution in [3.63, 3.8) is 0 Å². The molecule has 200 valence electrons. The number of carbonyl (C=O) groups excluding carboxylic acids is 2. The summed E-state index contributed by atoms with van der Waals surface area (Å²) in [7, 11) is 3.96. The summed E-state index contributed by atoms with van der Waals surface area (Å²) in [6, 6.07) is 12.7. The van der Waals surface area contributed by atoms with E-state index in [0.29, 0.717) is 24.6 Å². The number of rotatable bonds is 9. The summed E-state index contributed by atoms with van der Waals surface area (Å²) in [6.45, 7) is 14.3. The first kappa shape index (κ1) is 28.5. The number of ketones is 1. The van der Waals surface area contributed by atoms with Gasteiger partial charge in [-0.1, -0.05) is 58.9 Å². The second kappa shape index (κ2) is 11.5. The summed E-state index contributed by atoms with van der Waals surface area (Å²) in [6.07, 6.45) is 0.720. The molecule has 1 amide bonds. The first-order chi connectivity index (χ1) is 17.3. The van der Waals surface area contributed by atoms with Crippen molar-refractivity contribution in [1.82, 2.24) is 9.80 Å². The molecule has 0 bridgehead atoms. The first-order valence-electron chi connectivity index (χ1n) is 13.1. The summed E-state index contributed by atoms with van der Waals surface area (Å²) >= 11 is 0. The van der Waals surface area contributed by atoms with E-state index in [0.717, 1.165) is 35.4 Å². The monoisotopic (exact) mass is 506 g/mol. The van der Waals surface area contributed by atoms with Crippen LogP contribution in [0.15, 0.2) is 48.0 Å². The number of hydrogen-bond acceptors (Lipinski definition) is 5. The summed E-state index contributed by atoms with van der Waals surface area (Å²) in [5.41, 5.74) is 3.44. The second-order valence-electron chi connectivity index (χ2n) is 11.7. The van der Waals surface area contributed by atoms with E-state index in [1.165, 1.54) is 0 Å². The molecule has 1 atom stereocenters. The van der Waals surface area contributed by atoms with Crippen molar-refractivity contribution >= 4 is 17.4 Å². The Balaban J connectivity index is 2.06. The zero-order chi connectivity index (χ0) is 27.5. The van der Waals surface area contributed by atoms with Gasteiger partial charge in [0.1, 0.15) is 11.5 Å². The van der Waals surface area contributed by atoms with Crippen molar-refractivity contribution in [3.8, 4) is 5.75 Å². The van der Waals surface area contributed by atoms with Gasteiger partial charge in [0.05, 0.1) is 18.2 Å². The zero-order valence-corrected chi connectivity index (χ0v) is 23.6. The van der Waals surface area contributed by atoms with Gasteiger partial charge in [-0.05, 0) is 80.2 Å². The average molecular weight is 507 g/mol. The third-order valence-electron chi connectivity index (χ3n) is 6.66. The highest BCUT2D eigenvalue weighted by Gasteiger charge is 2.45. The lowest BCUT2D eigenvalue weighted by Gasteiger charge is -2.27. The largest absolute Gasteiger partial charge is 0.507 e. The maximum atomic E-state index is 13.3. The van der Waals surface area contributed by atoms with Crippen LogP contribution in [0.3, 0.4) is 0 Å². The van der Waals surface area contributed by atoms with Crippen LogP contribution in [0.5, 0.6) is 5.75 Å². The van der Waals surface area contributed by atoms with E-state index in [1.807, 2.05) is 57.4 Å². The predicted octanol–water partition coefficient (Wildman–Crippen LogP) is 5.70. The molecule has 3 rings (SSSR count). The summed E-state index contributed by atoms with van der Waals surface area (Å²) < 4.78 is 5.88. The Labute approximate surface area is 221 Å². The van der Waals surface area contributed by atoms with Crippen LogP contribution in [0, 0.1) is 12.8 Å². The van der Waals surface area contributed by atoms with Crippen LogP contribution >= 0.6 is 0 Å². The number of carbonyl (C=O) groups is 2. The van der Waals surface area contributed by atoms with Gasteiger partial charge in [0, 0.05) is 12.1 Å². The van der Waals surface area contributed by atoms with Crippen LogP contribution in [-0.2, 0) is 15.0 Å². The molecule has 2 aromatic carbocycles. The fourth-order valence-electron chi connectivity index (χ4n) is 4.55. The van der Waals surface area contributed by atoms with Gasteiger partial charge in [0.25, 0.3) is 11.7 Å². The number of benzene rings is 2. The van der Waals surface area contributed by atoms with E-state index in [-0.39, 0.29) is 16.7 Å². The number of hydrogen-bond donors (Lipinski definition) is 1. The molecule has 1 unspecified atom stereocenters. The van der Waals surface area contributed by atoms with Crippen LogP contribution in [0.25, 0.3) is 5.76 Å². The molecule has 1 aliphatic rings. The van der Waals surface area contributed by atoms with E-state index in [2.05, 4.69) is 39.5 Å². The van der Waals surface area contributed by atoms with E-state index in [1.54, 1.807) is 11.0 Å². The summed E-state index contributed by atoms with van der Waals surface area (Å²) in [4.78, 5) is 30.2. The highest BCUT2D eigenvalue weighted by Crippen LogP contribution is 2.40. The van der Waals surface area contributed by atoms with Crippen molar-refractivity contribution in [2.45, 2.75) is 59.4 Å². The molecular weight excluding hydrogens is 464 g/mol. The maximum absolute atomic E-state index is 13.3. The third kappa shape index (κ3) is 6.61. The lowest BCUT2D eigenvalue weighted by atomic mass is 9.85. The van der Waals surface area contributed by atoms with Crippen LogP contribution in [0.2, 0.25) is 0 Å². The van der Waals surface area contributed by atoms with Crippen LogP contribution in [0.4, 0.5) is 0 Å². The predicted molar refractivity (Wildman–Crippen MR) is 149 cm³/mol. The van der Waals surface area contributed by atoms with Gasteiger partial charge in [0.2, 0.25) is 0 Å². The number of nitrogens with zero attached hydrogens (tertiary/aromatic N) is 2. The average Bonchev–Trinajstić information content (AvgIpc) is 3.07. The summed E-state index contributed by atoms with van der Waals surface area (Å²) in [5.74, 6) is -0.245. The van der Waals surface area contributed by atoms with Gasteiger partial charge in [0.15, 0.2) is 0 Å². The van der Waals surface area contributed by atoms with Crippen molar-refractivity contribution in [1.29, 1.82) is 0 Å². The standard InChI is InChI=1S/C31H42N2O4/c1-20(2)19-37-25-15-12-23(18-21(25)3)28(34)26-27(22-10-13-24(14-11-22)31(4,5)6)33(30(36)29(26)35)17-9-16-32(7)8/h10-15,18,20,27,34H,9,16-17,19H2,1-8H3. The molecule has 1 fully saturated rings. The van der Waals surface area contributed by atoms with Crippen LogP contribution in [-0.4, -0.2) is 60.4 Å². The minimum Gasteiger partial charge on any atom is -0.507 e. The van der Waals surface area contributed by atoms with Crippen molar-refractivity contribution in [2.24, 2.45) is 5.92 Å². The minimum absolute atomic E-state index is 0.0248. The normalized spacial score (nSPS) is 17.8. The van der Waals surface area contributed by atoms with Crippen LogP contribution in [0.1, 0.15) is 69.3 Å².